The summed E-state index contributed by atoms with van der Waals surface area (Å²) in [5, 5.41) is 6.75. The smallest absolute Gasteiger partial charge is 0.255 e. The van der Waals surface area contributed by atoms with Gasteiger partial charge >= 0.3 is 0 Å². The quantitative estimate of drug-likeness (QED) is 0.785. The van der Waals surface area contributed by atoms with E-state index < -0.39 is 0 Å². The fourth-order valence-corrected chi connectivity index (χ4v) is 1.58. The van der Waals surface area contributed by atoms with Gasteiger partial charge in [0.05, 0.1) is 18.4 Å². The third kappa shape index (κ3) is 3.44. The number of nitrogens with one attached hydrogen (secondary N) is 1. The Morgan fingerprint density at radius 1 is 1.53 bits per heavy atom. The molecule has 5 heteroatoms. The largest absolute Gasteiger partial charge is 0.320 e. The van der Waals surface area contributed by atoms with Crippen molar-refractivity contribution in [3.05, 3.63) is 47.8 Å². The number of carbonyl (C=O) groups is 1. The molecule has 1 amide bonds. The van der Waals surface area contributed by atoms with Crippen LogP contribution in [0.15, 0.2) is 36.7 Å². The summed E-state index contributed by atoms with van der Waals surface area (Å²) < 4.78 is 1.62. The Kier molecular flexibility index (Phi) is 3.96. The van der Waals surface area contributed by atoms with Crippen LogP contribution in [0.3, 0.4) is 0 Å². The summed E-state index contributed by atoms with van der Waals surface area (Å²) in [6.45, 7) is 0.298. The standard InChI is InChI=1S/C14H14N4O/c1-18-10-13(9-16-18)17-14(19)12-6-2-4-11(8-12)5-3-7-15/h2,4,6,8-10H,7,15H2,1H3,(H,17,19). The number of nitrogens with two attached hydrogens (primary N) is 1. The van der Waals surface area contributed by atoms with Gasteiger partial charge in [-0.15, -0.1) is 0 Å². The molecule has 0 bridgehead atoms. The summed E-state index contributed by atoms with van der Waals surface area (Å²) >= 11 is 0. The molecule has 0 saturated heterocycles. The number of aromatic nitrogens is 2. The zero-order valence-corrected chi connectivity index (χ0v) is 10.6. The molecule has 0 unspecified atom stereocenters. The number of amides is 1. The first kappa shape index (κ1) is 12.9. The van der Waals surface area contributed by atoms with Crippen LogP contribution < -0.4 is 11.1 Å². The number of nitrogens with zero attached hydrogens (tertiary/aromatic N) is 2. The molecule has 1 aromatic carbocycles. The molecule has 2 aromatic rings. The monoisotopic (exact) mass is 254 g/mol. The van der Waals surface area contributed by atoms with Crippen molar-refractivity contribution in [1.82, 2.24) is 9.78 Å². The minimum Gasteiger partial charge on any atom is -0.320 e. The van der Waals surface area contributed by atoms with Crippen molar-refractivity contribution in [2.24, 2.45) is 12.8 Å². The summed E-state index contributed by atoms with van der Waals surface area (Å²) in [7, 11) is 1.79. The van der Waals surface area contributed by atoms with Crippen LogP contribution in [0.5, 0.6) is 0 Å². The van der Waals surface area contributed by atoms with Gasteiger partial charge in [0, 0.05) is 24.4 Å². The molecule has 0 fully saturated rings. The van der Waals surface area contributed by atoms with Gasteiger partial charge in [-0.1, -0.05) is 17.9 Å². The van der Waals surface area contributed by atoms with E-state index in [0.717, 1.165) is 5.56 Å². The van der Waals surface area contributed by atoms with Crippen molar-refractivity contribution in [3.8, 4) is 11.8 Å². The van der Waals surface area contributed by atoms with Gasteiger partial charge in [-0.3, -0.25) is 9.48 Å². The fraction of sp³-hybridized carbons (Fsp3) is 0.143. The molecule has 2 rings (SSSR count). The number of hydrogen-bond donors (Lipinski definition) is 2. The second-order valence-electron chi connectivity index (χ2n) is 3.94. The number of anilines is 1. The van der Waals surface area contributed by atoms with Gasteiger partial charge in [0.1, 0.15) is 0 Å². The van der Waals surface area contributed by atoms with E-state index in [1.807, 2.05) is 6.07 Å². The average molecular weight is 254 g/mol. The molecule has 19 heavy (non-hydrogen) atoms. The Morgan fingerprint density at radius 3 is 3.05 bits per heavy atom. The third-order valence-corrected chi connectivity index (χ3v) is 2.42. The maximum atomic E-state index is 12.0. The highest BCUT2D eigenvalue weighted by Gasteiger charge is 2.07. The fourth-order valence-electron chi connectivity index (χ4n) is 1.58. The number of carbonyl (C=O) groups excluding carboxylic acids is 1. The first-order valence-electron chi connectivity index (χ1n) is 5.78. The van der Waals surface area contributed by atoms with Gasteiger partial charge in [0.2, 0.25) is 0 Å². The summed E-state index contributed by atoms with van der Waals surface area (Å²) in [5.74, 6) is 5.46. The molecule has 0 aliphatic heterocycles. The van der Waals surface area contributed by atoms with Crippen LogP contribution >= 0.6 is 0 Å². The van der Waals surface area contributed by atoms with Crippen LogP contribution in [0.4, 0.5) is 5.69 Å². The zero-order valence-electron chi connectivity index (χ0n) is 10.6. The van der Waals surface area contributed by atoms with E-state index in [9.17, 15) is 4.79 Å². The lowest BCUT2D eigenvalue weighted by molar-refractivity contribution is 0.102. The number of rotatable bonds is 2. The van der Waals surface area contributed by atoms with E-state index in [0.29, 0.717) is 17.8 Å². The molecular formula is C14H14N4O. The van der Waals surface area contributed by atoms with Crippen molar-refractivity contribution in [1.29, 1.82) is 0 Å². The second kappa shape index (κ2) is 5.85. The minimum atomic E-state index is -0.190. The molecule has 0 atom stereocenters. The molecule has 0 aliphatic carbocycles. The molecule has 0 radical (unpaired) electrons. The molecule has 3 N–H and O–H groups in total. The van der Waals surface area contributed by atoms with E-state index in [1.165, 1.54) is 0 Å². The van der Waals surface area contributed by atoms with Crippen LogP contribution in [0.2, 0.25) is 0 Å². The lowest BCUT2D eigenvalue weighted by Gasteiger charge is -2.02. The summed E-state index contributed by atoms with van der Waals surface area (Å²) in [5.41, 5.74) is 7.29. The molecule has 1 heterocycles. The van der Waals surface area contributed by atoms with Crippen molar-refractivity contribution in [2.75, 3.05) is 11.9 Å². The Labute approximate surface area is 111 Å². The molecule has 96 valence electrons. The highest BCUT2D eigenvalue weighted by atomic mass is 16.1. The zero-order chi connectivity index (χ0) is 13.7. The van der Waals surface area contributed by atoms with Crippen molar-refractivity contribution in [2.45, 2.75) is 0 Å². The highest BCUT2D eigenvalue weighted by Crippen LogP contribution is 2.09. The van der Waals surface area contributed by atoms with Gasteiger partial charge < -0.3 is 11.1 Å². The van der Waals surface area contributed by atoms with E-state index in [2.05, 4.69) is 22.3 Å². The SMILES string of the molecule is Cn1cc(NC(=O)c2cccc(C#CCN)c2)cn1. The second-order valence-corrected chi connectivity index (χ2v) is 3.94. The van der Waals surface area contributed by atoms with E-state index in [-0.39, 0.29) is 5.91 Å². The molecule has 0 spiro atoms. The third-order valence-electron chi connectivity index (χ3n) is 2.42. The van der Waals surface area contributed by atoms with Crippen LogP contribution in [0, 0.1) is 11.8 Å². The molecular weight excluding hydrogens is 240 g/mol. The van der Waals surface area contributed by atoms with Gasteiger partial charge in [-0.05, 0) is 18.2 Å². The van der Waals surface area contributed by atoms with Crippen LogP contribution in [0.25, 0.3) is 0 Å². The average Bonchev–Trinajstić information content (AvgIpc) is 2.82. The maximum absolute atomic E-state index is 12.0. The van der Waals surface area contributed by atoms with Crippen LogP contribution in [0.1, 0.15) is 15.9 Å². The Bertz CT molecular complexity index is 649. The molecule has 1 aromatic heterocycles. The topological polar surface area (TPSA) is 72.9 Å². The van der Waals surface area contributed by atoms with E-state index in [4.69, 9.17) is 5.73 Å². The predicted octanol–water partition coefficient (Wildman–Crippen LogP) is 0.983. The predicted molar refractivity (Wildman–Crippen MR) is 73.5 cm³/mol. The summed E-state index contributed by atoms with van der Waals surface area (Å²) in [6.07, 6.45) is 3.33. The van der Waals surface area contributed by atoms with Gasteiger partial charge in [0.25, 0.3) is 5.91 Å². The highest BCUT2D eigenvalue weighted by molar-refractivity contribution is 6.04. The Balaban J connectivity index is 2.15. The Morgan fingerprint density at radius 2 is 2.37 bits per heavy atom. The molecule has 5 nitrogen and oxygen atoms in total. The summed E-state index contributed by atoms with van der Waals surface area (Å²) in [6, 6.07) is 7.09. The van der Waals surface area contributed by atoms with Gasteiger partial charge in [-0.2, -0.15) is 5.10 Å². The van der Waals surface area contributed by atoms with Gasteiger partial charge in [-0.25, -0.2) is 0 Å². The molecule has 0 saturated carbocycles. The van der Waals surface area contributed by atoms with Crippen LogP contribution in [-0.2, 0) is 7.05 Å². The van der Waals surface area contributed by atoms with Crippen LogP contribution in [-0.4, -0.2) is 22.2 Å². The number of benzene rings is 1. The normalized spacial score (nSPS) is 9.58. The maximum Gasteiger partial charge on any atom is 0.255 e. The van der Waals surface area contributed by atoms with E-state index in [1.54, 1.807) is 42.3 Å². The van der Waals surface area contributed by atoms with Crippen molar-refractivity contribution < 1.29 is 4.79 Å². The minimum absolute atomic E-state index is 0.190. The first-order chi connectivity index (χ1) is 9.19. The Hall–Kier alpha value is -2.58. The lowest BCUT2D eigenvalue weighted by atomic mass is 10.1. The van der Waals surface area contributed by atoms with E-state index >= 15 is 0 Å². The van der Waals surface area contributed by atoms with Crippen molar-refractivity contribution >= 4 is 11.6 Å². The van der Waals surface area contributed by atoms with Gasteiger partial charge in [0.15, 0.2) is 0 Å². The first-order valence-corrected chi connectivity index (χ1v) is 5.78. The number of hydrogen-bond acceptors (Lipinski definition) is 3. The van der Waals surface area contributed by atoms with Crippen molar-refractivity contribution in [3.63, 3.8) is 0 Å². The lowest BCUT2D eigenvalue weighted by Crippen LogP contribution is -2.11. The molecule has 0 aliphatic rings. The summed E-state index contributed by atoms with van der Waals surface area (Å²) in [4.78, 5) is 12.0. The number of aryl methyl sites for hydroxylation is 1.